The molecule has 2 aromatic rings. The van der Waals surface area contributed by atoms with Crippen molar-refractivity contribution in [2.24, 2.45) is 5.73 Å². The first-order valence-corrected chi connectivity index (χ1v) is 9.81. The molecule has 0 saturated carbocycles. The third-order valence-electron chi connectivity index (χ3n) is 5.21. The number of nitrogens with two attached hydrogens (primary N) is 1. The Morgan fingerprint density at radius 3 is 2.36 bits per heavy atom. The summed E-state index contributed by atoms with van der Waals surface area (Å²) in [5, 5.41) is 0.649. The van der Waals surface area contributed by atoms with Crippen molar-refractivity contribution in [2.75, 3.05) is 26.2 Å². The quantitative estimate of drug-likeness (QED) is 0.861. The average Bonchev–Trinajstić information content (AvgIpc) is 2.67. The van der Waals surface area contributed by atoms with Crippen molar-refractivity contribution >= 4 is 23.4 Å². The smallest absolute Gasteiger partial charge is 0.254 e. The fraction of sp³-hybridized carbons (Fsp3) is 0.364. The number of aryl methyl sites for hydroxylation is 3. The molecule has 3 rings (SSSR count). The first-order valence-electron chi connectivity index (χ1n) is 9.43. The molecular weight excluding hydrogens is 374 g/mol. The van der Waals surface area contributed by atoms with Crippen molar-refractivity contribution in [2.45, 2.75) is 26.8 Å². The predicted molar refractivity (Wildman–Crippen MR) is 112 cm³/mol. The van der Waals surface area contributed by atoms with Gasteiger partial charge in [-0.2, -0.15) is 0 Å². The lowest BCUT2D eigenvalue weighted by molar-refractivity contribution is -0.134. The van der Waals surface area contributed by atoms with Crippen LogP contribution in [0.15, 0.2) is 36.4 Å². The van der Waals surface area contributed by atoms with Crippen LogP contribution in [0.25, 0.3) is 0 Å². The number of halogens is 1. The van der Waals surface area contributed by atoms with Crippen molar-refractivity contribution < 1.29 is 9.59 Å². The Bertz CT molecular complexity index is 892. The second-order valence-electron chi connectivity index (χ2n) is 7.44. The number of piperazine rings is 1. The third kappa shape index (κ3) is 4.21. The lowest BCUT2D eigenvalue weighted by Gasteiger charge is -2.41. The first kappa shape index (κ1) is 20.4. The zero-order valence-electron chi connectivity index (χ0n) is 16.5. The molecule has 5 nitrogen and oxygen atoms in total. The van der Waals surface area contributed by atoms with E-state index in [-0.39, 0.29) is 24.4 Å². The number of nitrogens with zero attached hydrogens (tertiary/aromatic N) is 2. The summed E-state index contributed by atoms with van der Waals surface area (Å²) in [5.41, 5.74) is 10.3. The fourth-order valence-corrected chi connectivity index (χ4v) is 3.95. The van der Waals surface area contributed by atoms with E-state index in [0.717, 1.165) is 22.3 Å². The van der Waals surface area contributed by atoms with Gasteiger partial charge in [0, 0.05) is 30.2 Å². The van der Waals surface area contributed by atoms with Crippen LogP contribution in [0.4, 0.5) is 0 Å². The van der Waals surface area contributed by atoms with Crippen LogP contribution in [0.1, 0.15) is 38.7 Å². The summed E-state index contributed by atoms with van der Waals surface area (Å²) in [7, 11) is 0. The van der Waals surface area contributed by atoms with Gasteiger partial charge in [-0.05, 0) is 50.1 Å². The van der Waals surface area contributed by atoms with Gasteiger partial charge < -0.3 is 15.5 Å². The summed E-state index contributed by atoms with van der Waals surface area (Å²) >= 11 is 6.32. The molecule has 1 fully saturated rings. The molecular formula is C22H26ClN3O2. The molecule has 0 spiro atoms. The molecule has 1 aliphatic heterocycles. The third-order valence-corrected chi connectivity index (χ3v) is 5.62. The van der Waals surface area contributed by atoms with Crippen LogP contribution in [-0.2, 0) is 4.79 Å². The molecule has 0 unspecified atom stereocenters. The predicted octanol–water partition coefficient (Wildman–Crippen LogP) is 3.25. The van der Waals surface area contributed by atoms with Crippen LogP contribution in [0, 0.1) is 20.8 Å². The molecule has 28 heavy (non-hydrogen) atoms. The van der Waals surface area contributed by atoms with Gasteiger partial charge in [-0.15, -0.1) is 0 Å². The Hall–Kier alpha value is -2.37. The highest BCUT2D eigenvalue weighted by molar-refractivity contribution is 6.31. The Morgan fingerprint density at radius 2 is 1.75 bits per heavy atom. The van der Waals surface area contributed by atoms with E-state index in [1.54, 1.807) is 4.90 Å². The van der Waals surface area contributed by atoms with Crippen LogP contribution in [0.5, 0.6) is 0 Å². The highest BCUT2D eigenvalue weighted by atomic mass is 35.5. The number of hydrogen-bond acceptors (Lipinski definition) is 3. The number of hydrogen-bond donors (Lipinski definition) is 1. The molecule has 2 N–H and O–H groups in total. The molecule has 1 aliphatic rings. The molecule has 2 amide bonds. The Kier molecular flexibility index (Phi) is 6.06. The molecule has 0 radical (unpaired) electrons. The molecule has 1 heterocycles. The van der Waals surface area contributed by atoms with Crippen LogP contribution < -0.4 is 5.73 Å². The molecule has 0 bridgehead atoms. The number of rotatable bonds is 3. The van der Waals surface area contributed by atoms with Crippen LogP contribution in [0.3, 0.4) is 0 Å². The van der Waals surface area contributed by atoms with Crippen LogP contribution in [0.2, 0.25) is 5.02 Å². The van der Waals surface area contributed by atoms with Gasteiger partial charge in [0.1, 0.15) is 0 Å². The minimum absolute atomic E-state index is 0.0187. The van der Waals surface area contributed by atoms with Gasteiger partial charge >= 0.3 is 0 Å². The second kappa shape index (κ2) is 8.33. The van der Waals surface area contributed by atoms with E-state index in [1.165, 1.54) is 0 Å². The largest absolute Gasteiger partial charge is 0.334 e. The van der Waals surface area contributed by atoms with E-state index >= 15 is 0 Å². The monoisotopic (exact) mass is 399 g/mol. The maximum atomic E-state index is 13.1. The molecule has 1 atom stereocenters. The molecule has 2 aromatic carbocycles. The van der Waals surface area contributed by atoms with Crippen molar-refractivity contribution in [1.29, 1.82) is 0 Å². The Labute approximate surface area is 171 Å². The zero-order valence-corrected chi connectivity index (χ0v) is 17.3. The normalized spacial score (nSPS) is 17.0. The number of carbonyl (C=O) groups excluding carboxylic acids is 2. The summed E-state index contributed by atoms with van der Waals surface area (Å²) < 4.78 is 0. The summed E-state index contributed by atoms with van der Waals surface area (Å²) in [5.74, 6) is -0.143. The van der Waals surface area contributed by atoms with Gasteiger partial charge in [-0.1, -0.05) is 40.9 Å². The molecule has 0 aliphatic carbocycles. The zero-order chi connectivity index (χ0) is 20.4. The van der Waals surface area contributed by atoms with E-state index in [1.807, 2.05) is 62.1 Å². The maximum Gasteiger partial charge on any atom is 0.254 e. The summed E-state index contributed by atoms with van der Waals surface area (Å²) in [6.07, 6.45) is 0. The lowest BCUT2D eigenvalue weighted by atomic mass is 9.99. The minimum atomic E-state index is -0.266. The Balaban J connectivity index is 1.91. The summed E-state index contributed by atoms with van der Waals surface area (Å²) in [6, 6.07) is 11.4. The number of amides is 2. The van der Waals surface area contributed by atoms with Gasteiger partial charge in [0.2, 0.25) is 5.91 Å². The molecule has 0 aromatic heterocycles. The fourth-order valence-electron chi connectivity index (χ4n) is 3.77. The van der Waals surface area contributed by atoms with Gasteiger partial charge in [-0.25, -0.2) is 0 Å². The van der Waals surface area contributed by atoms with Gasteiger partial charge in [0.25, 0.3) is 5.91 Å². The van der Waals surface area contributed by atoms with Crippen molar-refractivity contribution in [3.05, 3.63) is 69.2 Å². The van der Waals surface area contributed by atoms with E-state index in [2.05, 4.69) is 0 Å². The van der Waals surface area contributed by atoms with Gasteiger partial charge in [0.05, 0.1) is 12.6 Å². The van der Waals surface area contributed by atoms with E-state index in [4.69, 9.17) is 17.3 Å². The highest BCUT2D eigenvalue weighted by Crippen LogP contribution is 2.29. The van der Waals surface area contributed by atoms with E-state index in [0.29, 0.717) is 30.2 Å². The summed E-state index contributed by atoms with van der Waals surface area (Å²) in [6.45, 7) is 7.19. The highest BCUT2D eigenvalue weighted by Gasteiger charge is 2.33. The van der Waals surface area contributed by atoms with Crippen molar-refractivity contribution in [3.63, 3.8) is 0 Å². The molecule has 1 saturated heterocycles. The van der Waals surface area contributed by atoms with Crippen LogP contribution >= 0.6 is 11.6 Å². The van der Waals surface area contributed by atoms with E-state index < -0.39 is 0 Å². The molecule has 6 heteroatoms. The maximum absolute atomic E-state index is 13.1. The number of benzene rings is 2. The van der Waals surface area contributed by atoms with Crippen molar-refractivity contribution in [1.82, 2.24) is 9.80 Å². The SMILES string of the molecule is Cc1cc(C)cc(C(=O)N2CCN(C(=O)CN)[C@H](c3ccc(C)c(Cl)c3)C2)c1. The van der Waals surface area contributed by atoms with Crippen LogP contribution in [-0.4, -0.2) is 47.8 Å². The Morgan fingerprint density at radius 1 is 1.07 bits per heavy atom. The lowest BCUT2D eigenvalue weighted by Crippen LogP contribution is -2.53. The minimum Gasteiger partial charge on any atom is -0.334 e. The van der Waals surface area contributed by atoms with Crippen molar-refractivity contribution in [3.8, 4) is 0 Å². The van der Waals surface area contributed by atoms with Gasteiger partial charge in [0.15, 0.2) is 0 Å². The number of carbonyl (C=O) groups is 2. The van der Waals surface area contributed by atoms with Gasteiger partial charge in [-0.3, -0.25) is 9.59 Å². The standard InChI is InChI=1S/C22H26ClN3O2/c1-14-8-15(2)10-18(9-14)22(28)25-6-7-26(21(27)12-24)20(13-25)17-5-4-16(3)19(23)11-17/h4-5,8-11,20H,6-7,12-13,24H2,1-3H3/t20-/m0/s1. The first-order chi connectivity index (χ1) is 13.3. The van der Waals surface area contributed by atoms with E-state index in [9.17, 15) is 9.59 Å². The second-order valence-corrected chi connectivity index (χ2v) is 7.85. The topological polar surface area (TPSA) is 66.6 Å². The molecule has 148 valence electrons. The average molecular weight is 400 g/mol. The summed E-state index contributed by atoms with van der Waals surface area (Å²) in [4.78, 5) is 29.1.